The summed E-state index contributed by atoms with van der Waals surface area (Å²) in [5.41, 5.74) is 0.566. The Kier molecular flexibility index (Phi) is 2.41. The fourth-order valence-electron chi connectivity index (χ4n) is 1.07. The number of rotatable bonds is 2. The molecule has 1 rings (SSSR count). The summed E-state index contributed by atoms with van der Waals surface area (Å²) in [6, 6.07) is 2.66. The van der Waals surface area contributed by atoms with Gasteiger partial charge in [0.2, 0.25) is 0 Å². The van der Waals surface area contributed by atoms with Crippen molar-refractivity contribution >= 4 is 5.97 Å². The summed E-state index contributed by atoms with van der Waals surface area (Å²) in [4.78, 5) is 10.6. The van der Waals surface area contributed by atoms with Gasteiger partial charge in [0.25, 0.3) is 0 Å². The van der Waals surface area contributed by atoms with Gasteiger partial charge < -0.3 is 14.9 Å². The van der Waals surface area contributed by atoms with E-state index in [0.29, 0.717) is 11.3 Å². The molecule has 0 aliphatic carbocycles. The van der Waals surface area contributed by atoms with Crippen molar-refractivity contribution in [3.63, 3.8) is 0 Å². The van der Waals surface area contributed by atoms with Crippen molar-refractivity contribution < 1.29 is 19.7 Å². The van der Waals surface area contributed by atoms with Gasteiger partial charge in [0, 0.05) is 6.07 Å². The van der Waals surface area contributed by atoms with Crippen molar-refractivity contribution in [2.75, 3.05) is 7.11 Å². The molecule has 70 valence electrons. The van der Waals surface area contributed by atoms with Crippen LogP contribution in [0, 0.1) is 6.92 Å². The van der Waals surface area contributed by atoms with Crippen molar-refractivity contribution in [1.82, 2.24) is 0 Å². The number of hydrogen-bond acceptors (Lipinski definition) is 3. The predicted molar refractivity (Wildman–Crippen MR) is 46.4 cm³/mol. The highest BCUT2D eigenvalue weighted by Crippen LogP contribution is 2.27. The molecule has 0 unspecified atom stereocenters. The zero-order chi connectivity index (χ0) is 10.0. The lowest BCUT2D eigenvalue weighted by Gasteiger charge is -2.06. The zero-order valence-electron chi connectivity index (χ0n) is 7.37. The average molecular weight is 182 g/mol. The fraction of sp³-hybridized carbons (Fsp3) is 0.222. The van der Waals surface area contributed by atoms with Crippen LogP contribution in [0.2, 0.25) is 0 Å². The second-order valence-electron chi connectivity index (χ2n) is 2.64. The maximum Gasteiger partial charge on any atom is 0.339 e. The molecule has 0 fully saturated rings. The second-order valence-corrected chi connectivity index (χ2v) is 2.64. The van der Waals surface area contributed by atoms with E-state index in [1.54, 1.807) is 6.92 Å². The topological polar surface area (TPSA) is 66.8 Å². The predicted octanol–water partition coefficient (Wildman–Crippen LogP) is 1.41. The summed E-state index contributed by atoms with van der Waals surface area (Å²) in [5, 5.41) is 17.9. The van der Waals surface area contributed by atoms with E-state index in [2.05, 4.69) is 0 Å². The van der Waals surface area contributed by atoms with Crippen LogP contribution in [0.25, 0.3) is 0 Å². The van der Waals surface area contributed by atoms with Crippen LogP contribution in [0.3, 0.4) is 0 Å². The molecular formula is C9H10O4. The molecule has 13 heavy (non-hydrogen) atoms. The van der Waals surface area contributed by atoms with Crippen LogP contribution in [0.4, 0.5) is 0 Å². The SMILES string of the molecule is COc1cc(O)c(C(=O)O)cc1C. The van der Waals surface area contributed by atoms with Crippen molar-refractivity contribution in [1.29, 1.82) is 0 Å². The lowest BCUT2D eigenvalue weighted by atomic mass is 10.1. The fourth-order valence-corrected chi connectivity index (χ4v) is 1.07. The van der Waals surface area contributed by atoms with E-state index >= 15 is 0 Å². The number of ether oxygens (including phenoxy) is 1. The molecular weight excluding hydrogens is 172 g/mol. The van der Waals surface area contributed by atoms with Crippen LogP contribution in [0.15, 0.2) is 12.1 Å². The van der Waals surface area contributed by atoms with Crippen molar-refractivity contribution in [3.05, 3.63) is 23.3 Å². The van der Waals surface area contributed by atoms with Crippen LogP contribution < -0.4 is 4.74 Å². The van der Waals surface area contributed by atoms with Crippen molar-refractivity contribution in [2.24, 2.45) is 0 Å². The Morgan fingerprint density at radius 3 is 2.54 bits per heavy atom. The van der Waals surface area contributed by atoms with E-state index in [1.165, 1.54) is 19.2 Å². The van der Waals surface area contributed by atoms with Gasteiger partial charge in [-0.1, -0.05) is 0 Å². The Hall–Kier alpha value is -1.71. The van der Waals surface area contributed by atoms with E-state index in [9.17, 15) is 9.90 Å². The van der Waals surface area contributed by atoms with Crippen LogP contribution in [0.5, 0.6) is 11.5 Å². The molecule has 0 aliphatic heterocycles. The maximum atomic E-state index is 10.6. The number of methoxy groups -OCH3 is 1. The minimum absolute atomic E-state index is 0.113. The molecule has 0 spiro atoms. The van der Waals surface area contributed by atoms with E-state index in [-0.39, 0.29) is 11.3 Å². The molecule has 0 heterocycles. The van der Waals surface area contributed by atoms with E-state index in [1.807, 2.05) is 0 Å². The summed E-state index contributed by atoms with van der Waals surface area (Å²) in [7, 11) is 1.46. The number of aryl methyl sites for hydroxylation is 1. The molecule has 2 N–H and O–H groups in total. The van der Waals surface area contributed by atoms with E-state index in [4.69, 9.17) is 9.84 Å². The highest BCUT2D eigenvalue weighted by molar-refractivity contribution is 5.91. The first-order valence-corrected chi connectivity index (χ1v) is 3.67. The number of benzene rings is 1. The van der Waals surface area contributed by atoms with E-state index < -0.39 is 5.97 Å². The van der Waals surface area contributed by atoms with Gasteiger partial charge in [-0.25, -0.2) is 4.79 Å². The van der Waals surface area contributed by atoms with Crippen molar-refractivity contribution in [2.45, 2.75) is 6.92 Å². The molecule has 0 aromatic heterocycles. The quantitative estimate of drug-likeness (QED) is 0.725. The van der Waals surface area contributed by atoms with Gasteiger partial charge in [-0.3, -0.25) is 0 Å². The Balaban J connectivity index is 3.28. The van der Waals surface area contributed by atoms with Crippen molar-refractivity contribution in [3.8, 4) is 11.5 Å². The van der Waals surface area contributed by atoms with Gasteiger partial charge in [0.1, 0.15) is 17.1 Å². The first-order chi connectivity index (χ1) is 6.06. The number of carboxylic acid groups (broad SMARTS) is 1. The number of phenols is 1. The minimum atomic E-state index is -1.15. The maximum absolute atomic E-state index is 10.6. The second kappa shape index (κ2) is 3.35. The summed E-state index contributed by atoms with van der Waals surface area (Å²) >= 11 is 0. The first kappa shape index (κ1) is 9.38. The molecule has 0 saturated heterocycles. The smallest absolute Gasteiger partial charge is 0.339 e. The molecule has 0 amide bonds. The van der Waals surface area contributed by atoms with Gasteiger partial charge in [-0.05, 0) is 18.6 Å². The Morgan fingerprint density at radius 2 is 2.08 bits per heavy atom. The number of hydrogen-bond donors (Lipinski definition) is 2. The number of carbonyl (C=O) groups is 1. The molecule has 0 aliphatic rings. The van der Waals surface area contributed by atoms with Crippen LogP contribution in [-0.4, -0.2) is 23.3 Å². The van der Waals surface area contributed by atoms with E-state index in [0.717, 1.165) is 0 Å². The highest BCUT2D eigenvalue weighted by Gasteiger charge is 2.12. The zero-order valence-corrected chi connectivity index (χ0v) is 7.37. The number of aromatic hydroxyl groups is 1. The van der Waals surface area contributed by atoms with Gasteiger partial charge in [0.05, 0.1) is 7.11 Å². The lowest BCUT2D eigenvalue weighted by Crippen LogP contribution is -1.98. The molecule has 0 bridgehead atoms. The van der Waals surface area contributed by atoms with Gasteiger partial charge >= 0.3 is 5.97 Å². The summed E-state index contributed by atoms with van der Waals surface area (Å²) < 4.78 is 4.91. The van der Waals surface area contributed by atoms with Crippen LogP contribution in [0.1, 0.15) is 15.9 Å². The van der Waals surface area contributed by atoms with Crippen LogP contribution >= 0.6 is 0 Å². The van der Waals surface area contributed by atoms with Gasteiger partial charge in [0.15, 0.2) is 0 Å². The standard InChI is InChI=1S/C9H10O4/c1-5-3-6(9(11)12)7(10)4-8(5)13-2/h3-4,10H,1-2H3,(H,11,12). The monoisotopic (exact) mass is 182 g/mol. The van der Waals surface area contributed by atoms with Gasteiger partial charge in [-0.15, -0.1) is 0 Å². The number of aromatic carboxylic acids is 1. The molecule has 1 aromatic carbocycles. The summed E-state index contributed by atoms with van der Waals surface area (Å²) in [6.45, 7) is 1.71. The first-order valence-electron chi connectivity index (χ1n) is 3.67. The lowest BCUT2D eigenvalue weighted by molar-refractivity contribution is 0.0693. The largest absolute Gasteiger partial charge is 0.507 e. The third-order valence-corrected chi connectivity index (χ3v) is 1.74. The highest BCUT2D eigenvalue weighted by atomic mass is 16.5. The molecule has 0 atom stereocenters. The van der Waals surface area contributed by atoms with Gasteiger partial charge in [-0.2, -0.15) is 0 Å². The number of carboxylic acids is 1. The molecule has 4 nitrogen and oxygen atoms in total. The van der Waals surface area contributed by atoms with Crippen LogP contribution in [-0.2, 0) is 0 Å². The molecule has 1 aromatic rings. The minimum Gasteiger partial charge on any atom is -0.507 e. The Morgan fingerprint density at radius 1 is 1.46 bits per heavy atom. The summed E-state index contributed by atoms with van der Waals surface area (Å²) in [5.74, 6) is -0.958. The Bertz CT molecular complexity index is 344. The molecule has 4 heteroatoms. The third-order valence-electron chi connectivity index (χ3n) is 1.74. The third kappa shape index (κ3) is 1.72. The summed E-state index contributed by atoms with van der Waals surface area (Å²) in [6.07, 6.45) is 0. The molecule has 0 radical (unpaired) electrons. The Labute approximate surface area is 75.4 Å². The molecule has 0 saturated carbocycles. The average Bonchev–Trinajstić information content (AvgIpc) is 2.07. The normalized spacial score (nSPS) is 9.69.